The largest absolute Gasteiger partial charge is 0.341 e. The van der Waals surface area contributed by atoms with Gasteiger partial charge in [0.15, 0.2) is 5.82 Å². The Balaban J connectivity index is 1.62. The number of imidazole rings is 2. The number of pyridine rings is 2. The van der Waals surface area contributed by atoms with E-state index in [2.05, 4.69) is 21.4 Å². The molecule has 0 aliphatic rings. The van der Waals surface area contributed by atoms with E-state index in [1.54, 1.807) is 30.5 Å². The maximum atomic E-state index is 14.2. The van der Waals surface area contributed by atoms with Crippen LogP contribution in [0.25, 0.3) is 22.9 Å². The zero-order valence-corrected chi connectivity index (χ0v) is 19.9. The van der Waals surface area contributed by atoms with Crippen LogP contribution in [0.2, 0.25) is 0 Å². The second kappa shape index (κ2) is 8.74. The Kier molecular flexibility index (Phi) is 5.57. The summed E-state index contributed by atoms with van der Waals surface area (Å²) in [5.74, 6) is -0.579. The number of amides is 1. The van der Waals surface area contributed by atoms with E-state index in [9.17, 15) is 14.4 Å². The summed E-state index contributed by atoms with van der Waals surface area (Å²) in [6.07, 6.45) is 5.13. The normalized spacial score (nSPS) is 11.4. The van der Waals surface area contributed by atoms with Crippen LogP contribution >= 0.6 is 0 Å². The summed E-state index contributed by atoms with van der Waals surface area (Å²) in [4.78, 5) is 26.6. The minimum absolute atomic E-state index is 0.0415. The van der Waals surface area contributed by atoms with Gasteiger partial charge in [0.05, 0.1) is 28.7 Å². The summed E-state index contributed by atoms with van der Waals surface area (Å²) < 4.78 is 17.8. The Labute approximate surface area is 206 Å². The van der Waals surface area contributed by atoms with Crippen molar-refractivity contribution < 1.29 is 9.18 Å². The number of fused-ring (bicyclic) bond motifs is 1. The van der Waals surface area contributed by atoms with Gasteiger partial charge in [-0.1, -0.05) is 18.2 Å². The molecule has 0 atom stereocenters. The van der Waals surface area contributed by atoms with Crippen LogP contribution in [-0.2, 0) is 5.54 Å². The molecule has 0 fully saturated rings. The first-order chi connectivity index (χ1) is 17.3. The van der Waals surface area contributed by atoms with Crippen LogP contribution in [0.1, 0.15) is 41.3 Å². The first kappa shape index (κ1) is 22.9. The van der Waals surface area contributed by atoms with E-state index in [-0.39, 0.29) is 5.56 Å². The maximum Gasteiger partial charge on any atom is 0.254 e. The van der Waals surface area contributed by atoms with Crippen LogP contribution in [0, 0.1) is 24.1 Å². The summed E-state index contributed by atoms with van der Waals surface area (Å²) in [7, 11) is 0. The SMILES string of the molecule is Cc1cccc(-c2nc(C(C)(C)NC(=O)c3ccccc3F)cn2-c2ccc3ncc(C#N)n3c2)n1. The second-order valence-electron chi connectivity index (χ2n) is 8.91. The smallest absolute Gasteiger partial charge is 0.254 e. The van der Waals surface area contributed by atoms with Gasteiger partial charge in [-0.2, -0.15) is 5.26 Å². The third kappa shape index (κ3) is 4.09. The molecule has 4 aromatic heterocycles. The molecule has 1 aromatic carbocycles. The van der Waals surface area contributed by atoms with Crippen molar-refractivity contribution >= 4 is 11.6 Å². The van der Waals surface area contributed by atoms with Crippen LogP contribution in [0.4, 0.5) is 4.39 Å². The lowest BCUT2D eigenvalue weighted by Crippen LogP contribution is -2.41. The van der Waals surface area contributed by atoms with E-state index in [0.29, 0.717) is 28.6 Å². The molecule has 4 heterocycles. The predicted molar refractivity (Wildman–Crippen MR) is 132 cm³/mol. The number of rotatable bonds is 5. The maximum absolute atomic E-state index is 14.2. The van der Waals surface area contributed by atoms with E-state index >= 15 is 0 Å². The number of carbonyl (C=O) groups excluding carboxylic acids is 1. The number of hydrogen-bond acceptors (Lipinski definition) is 5. The highest BCUT2D eigenvalue weighted by Crippen LogP contribution is 2.28. The molecule has 0 saturated heterocycles. The highest BCUT2D eigenvalue weighted by molar-refractivity contribution is 5.95. The number of benzene rings is 1. The number of nitriles is 1. The zero-order valence-electron chi connectivity index (χ0n) is 19.9. The van der Waals surface area contributed by atoms with Crippen molar-refractivity contribution in [1.82, 2.24) is 29.2 Å². The summed E-state index contributed by atoms with van der Waals surface area (Å²) in [5.41, 5.74) is 2.81. The van der Waals surface area contributed by atoms with Crippen molar-refractivity contribution in [2.75, 3.05) is 0 Å². The van der Waals surface area contributed by atoms with E-state index in [1.165, 1.54) is 24.4 Å². The Morgan fingerprint density at radius 3 is 2.61 bits per heavy atom. The van der Waals surface area contributed by atoms with Crippen LogP contribution in [-0.4, -0.2) is 29.8 Å². The van der Waals surface area contributed by atoms with Crippen molar-refractivity contribution in [3.8, 4) is 23.3 Å². The number of carbonyl (C=O) groups is 1. The number of hydrogen-bond donors (Lipinski definition) is 1. The van der Waals surface area contributed by atoms with E-state index < -0.39 is 17.3 Å². The number of nitrogens with zero attached hydrogens (tertiary/aromatic N) is 6. The monoisotopic (exact) mass is 479 g/mol. The van der Waals surface area contributed by atoms with Gasteiger partial charge in [0, 0.05) is 18.1 Å². The lowest BCUT2D eigenvalue weighted by Gasteiger charge is -2.24. The van der Waals surface area contributed by atoms with Gasteiger partial charge in [-0.25, -0.2) is 19.3 Å². The first-order valence-corrected chi connectivity index (χ1v) is 11.3. The Morgan fingerprint density at radius 2 is 1.86 bits per heavy atom. The lowest BCUT2D eigenvalue weighted by molar-refractivity contribution is 0.0906. The van der Waals surface area contributed by atoms with Gasteiger partial charge in [-0.15, -0.1) is 0 Å². The topological polar surface area (TPSA) is 101 Å². The molecular weight excluding hydrogens is 457 g/mol. The molecule has 9 heteroatoms. The third-order valence-corrected chi connectivity index (χ3v) is 5.89. The molecule has 0 aliphatic heterocycles. The fourth-order valence-electron chi connectivity index (χ4n) is 3.98. The van der Waals surface area contributed by atoms with Gasteiger partial charge in [0.25, 0.3) is 5.91 Å². The number of nitrogens with one attached hydrogen (secondary N) is 1. The predicted octanol–water partition coefficient (Wildman–Crippen LogP) is 4.57. The fourth-order valence-corrected chi connectivity index (χ4v) is 3.98. The van der Waals surface area contributed by atoms with Crippen molar-refractivity contribution in [2.24, 2.45) is 0 Å². The molecular formula is C27H22FN7O. The molecule has 36 heavy (non-hydrogen) atoms. The summed E-state index contributed by atoms with van der Waals surface area (Å²) in [6.45, 7) is 5.50. The van der Waals surface area contributed by atoms with Crippen LogP contribution in [0.5, 0.6) is 0 Å². The third-order valence-electron chi connectivity index (χ3n) is 5.89. The van der Waals surface area contributed by atoms with Crippen LogP contribution in [0.15, 0.2) is 73.2 Å². The summed E-state index contributed by atoms with van der Waals surface area (Å²) in [5, 5.41) is 12.3. The zero-order chi connectivity index (χ0) is 25.4. The van der Waals surface area contributed by atoms with Crippen LogP contribution in [0.3, 0.4) is 0 Å². The highest BCUT2D eigenvalue weighted by atomic mass is 19.1. The average Bonchev–Trinajstić information content (AvgIpc) is 3.48. The Morgan fingerprint density at radius 1 is 1.06 bits per heavy atom. The molecule has 178 valence electrons. The minimum Gasteiger partial charge on any atom is -0.341 e. The molecule has 5 aromatic rings. The quantitative estimate of drug-likeness (QED) is 0.398. The molecule has 0 saturated carbocycles. The standard InChI is InChI=1S/C27H22FN7O/c1-17-7-6-10-22(31-17)25-32-23(27(2,3)33-26(36)20-8-4-5-9-21(20)28)16-35(25)18-11-12-24-30-14-19(13-29)34(24)15-18/h4-12,14-16H,1-3H3,(H,33,36). The van der Waals surface area contributed by atoms with Crippen molar-refractivity contribution in [2.45, 2.75) is 26.3 Å². The molecule has 0 radical (unpaired) electrons. The highest BCUT2D eigenvalue weighted by Gasteiger charge is 2.29. The van der Waals surface area contributed by atoms with Gasteiger partial charge in [-0.05, 0) is 57.2 Å². The van der Waals surface area contributed by atoms with Gasteiger partial charge in [0.2, 0.25) is 0 Å². The molecule has 1 amide bonds. The fraction of sp³-hybridized carbons (Fsp3) is 0.148. The van der Waals surface area contributed by atoms with Gasteiger partial charge in [0.1, 0.15) is 28.9 Å². The second-order valence-corrected chi connectivity index (χ2v) is 8.91. The van der Waals surface area contributed by atoms with Crippen molar-refractivity contribution in [1.29, 1.82) is 5.26 Å². The minimum atomic E-state index is -0.944. The van der Waals surface area contributed by atoms with Crippen molar-refractivity contribution in [3.05, 3.63) is 102 Å². The molecule has 0 unspecified atom stereocenters. The van der Waals surface area contributed by atoms with Gasteiger partial charge >= 0.3 is 0 Å². The molecule has 0 spiro atoms. The Hall–Kier alpha value is -4.84. The number of aromatic nitrogens is 5. The number of aryl methyl sites for hydroxylation is 1. The van der Waals surface area contributed by atoms with E-state index in [1.807, 2.05) is 48.0 Å². The molecule has 8 nitrogen and oxygen atoms in total. The van der Waals surface area contributed by atoms with Gasteiger partial charge in [-0.3, -0.25) is 13.8 Å². The van der Waals surface area contributed by atoms with Crippen molar-refractivity contribution in [3.63, 3.8) is 0 Å². The number of halogens is 1. The molecule has 1 N–H and O–H groups in total. The molecule has 0 bridgehead atoms. The lowest BCUT2D eigenvalue weighted by atomic mass is 10.0. The van der Waals surface area contributed by atoms with E-state index in [4.69, 9.17) is 4.98 Å². The first-order valence-electron chi connectivity index (χ1n) is 11.3. The summed E-state index contributed by atoms with van der Waals surface area (Å²) in [6, 6.07) is 17.3. The summed E-state index contributed by atoms with van der Waals surface area (Å²) >= 11 is 0. The van der Waals surface area contributed by atoms with Gasteiger partial charge < -0.3 is 5.32 Å². The Bertz CT molecular complexity index is 1660. The average molecular weight is 480 g/mol. The van der Waals surface area contributed by atoms with E-state index in [0.717, 1.165) is 11.4 Å². The molecule has 0 aliphatic carbocycles. The molecule has 5 rings (SSSR count). The van der Waals surface area contributed by atoms with Crippen LogP contribution < -0.4 is 5.32 Å².